The Kier molecular flexibility index (Phi) is 5.24. The van der Waals surface area contributed by atoms with Crippen molar-refractivity contribution in [2.24, 2.45) is 4.99 Å². The van der Waals surface area contributed by atoms with Gasteiger partial charge in [-0.25, -0.2) is 9.38 Å². The first-order valence-corrected chi connectivity index (χ1v) is 10.3. The summed E-state index contributed by atoms with van der Waals surface area (Å²) in [7, 11) is 1.64. The van der Waals surface area contributed by atoms with E-state index in [1.807, 2.05) is 12.1 Å². The Hall–Kier alpha value is -3.50. The summed E-state index contributed by atoms with van der Waals surface area (Å²) in [6.45, 7) is 0.817. The summed E-state index contributed by atoms with van der Waals surface area (Å²) >= 11 is 0. The third-order valence-corrected chi connectivity index (χ3v) is 5.72. The molecule has 2 N–H and O–H groups in total. The topological polar surface area (TPSA) is 95.5 Å². The molecule has 3 atom stereocenters. The highest BCUT2D eigenvalue weighted by Crippen LogP contribution is 2.32. The van der Waals surface area contributed by atoms with Crippen LogP contribution in [0.4, 0.5) is 10.1 Å². The number of anilines is 1. The number of fused-ring (bicyclic) bond motifs is 2. The van der Waals surface area contributed by atoms with Gasteiger partial charge in [-0.3, -0.25) is 15.0 Å². The van der Waals surface area contributed by atoms with Gasteiger partial charge in [-0.2, -0.15) is 5.01 Å². The molecule has 0 saturated carbocycles. The van der Waals surface area contributed by atoms with Crippen molar-refractivity contribution in [3.05, 3.63) is 59.9 Å². The quantitative estimate of drug-likeness (QED) is 0.741. The van der Waals surface area contributed by atoms with Crippen LogP contribution < -0.4 is 20.4 Å². The number of benzene rings is 2. The Balaban J connectivity index is 1.33. The summed E-state index contributed by atoms with van der Waals surface area (Å²) in [4.78, 5) is 31.7. The molecule has 10 heteroatoms. The van der Waals surface area contributed by atoms with Gasteiger partial charge in [-0.15, -0.1) is 0 Å². The van der Waals surface area contributed by atoms with Crippen molar-refractivity contribution in [3.8, 4) is 5.75 Å². The second-order valence-electron chi connectivity index (χ2n) is 7.71. The molecule has 5 rings (SSSR count). The average molecular weight is 439 g/mol. The minimum Gasteiger partial charge on any atom is -0.489 e. The Morgan fingerprint density at radius 1 is 1.22 bits per heavy atom. The van der Waals surface area contributed by atoms with E-state index in [9.17, 15) is 14.0 Å². The van der Waals surface area contributed by atoms with Gasteiger partial charge in [0.2, 0.25) is 5.84 Å². The fraction of sp³-hybridized carbons (Fsp3) is 0.318. The Morgan fingerprint density at radius 3 is 2.84 bits per heavy atom. The van der Waals surface area contributed by atoms with Crippen LogP contribution in [0.5, 0.6) is 5.75 Å². The third kappa shape index (κ3) is 3.57. The normalized spacial score (nSPS) is 25.1. The van der Waals surface area contributed by atoms with Crippen molar-refractivity contribution in [1.82, 2.24) is 15.8 Å². The number of amidine groups is 1. The van der Waals surface area contributed by atoms with Crippen LogP contribution in [0.2, 0.25) is 0 Å². The molecule has 2 aromatic carbocycles. The maximum atomic E-state index is 14.3. The number of carbonyl (C=O) groups excluding carboxylic acids is 2. The van der Waals surface area contributed by atoms with Gasteiger partial charge in [0.15, 0.2) is 6.17 Å². The lowest BCUT2D eigenvalue weighted by molar-refractivity contribution is -0.125. The summed E-state index contributed by atoms with van der Waals surface area (Å²) in [5.74, 6) is -0.631. The molecule has 2 aromatic rings. The average Bonchev–Trinajstić information content (AvgIpc) is 3.22. The Bertz CT molecular complexity index is 1090. The number of morpholine rings is 1. The summed E-state index contributed by atoms with van der Waals surface area (Å²) in [6.07, 6.45) is -1.26. The number of hydrogen-bond acceptors (Lipinski definition) is 7. The molecule has 3 heterocycles. The molecule has 166 valence electrons. The van der Waals surface area contributed by atoms with Crippen molar-refractivity contribution in [1.29, 1.82) is 0 Å². The monoisotopic (exact) mass is 439 g/mol. The number of aliphatic imine (C=N–C) groups is 1. The highest BCUT2D eigenvalue weighted by molar-refractivity contribution is 6.38. The van der Waals surface area contributed by atoms with Crippen molar-refractivity contribution in [3.63, 3.8) is 0 Å². The summed E-state index contributed by atoms with van der Waals surface area (Å²) < 4.78 is 25.8. The minimum absolute atomic E-state index is 0.00663. The van der Waals surface area contributed by atoms with E-state index in [0.29, 0.717) is 30.2 Å². The number of amides is 2. The molecule has 3 aliphatic rings. The number of halogens is 1. The van der Waals surface area contributed by atoms with Gasteiger partial charge in [-0.1, -0.05) is 30.3 Å². The van der Waals surface area contributed by atoms with E-state index in [2.05, 4.69) is 15.7 Å². The number of nitrogens with one attached hydrogen (secondary N) is 2. The van der Waals surface area contributed by atoms with E-state index >= 15 is 0 Å². The van der Waals surface area contributed by atoms with E-state index in [4.69, 9.17) is 9.47 Å². The lowest BCUT2D eigenvalue weighted by atomic mass is 10.1. The van der Waals surface area contributed by atoms with Gasteiger partial charge < -0.3 is 19.7 Å². The van der Waals surface area contributed by atoms with Crippen LogP contribution in [0.25, 0.3) is 0 Å². The van der Waals surface area contributed by atoms with Gasteiger partial charge in [-0.05, 0) is 18.2 Å². The van der Waals surface area contributed by atoms with Crippen molar-refractivity contribution in [2.45, 2.75) is 18.3 Å². The van der Waals surface area contributed by atoms with Crippen LogP contribution in [0.3, 0.4) is 0 Å². The molecule has 1 unspecified atom stereocenters. The largest absolute Gasteiger partial charge is 0.489 e. The number of carbonyl (C=O) groups is 2. The molecule has 0 aromatic heterocycles. The maximum Gasteiger partial charge on any atom is 0.288 e. The number of rotatable bonds is 3. The lowest BCUT2D eigenvalue weighted by Gasteiger charge is -2.34. The number of para-hydroxylation sites is 2. The molecule has 0 aliphatic carbocycles. The predicted molar refractivity (Wildman–Crippen MR) is 113 cm³/mol. The highest BCUT2D eigenvalue weighted by atomic mass is 19.1. The molecule has 1 fully saturated rings. The molecule has 0 spiro atoms. The Labute approximate surface area is 183 Å². The maximum absolute atomic E-state index is 14.3. The number of ether oxygens (including phenoxy) is 2. The highest BCUT2D eigenvalue weighted by Gasteiger charge is 2.41. The first-order valence-electron chi connectivity index (χ1n) is 10.3. The molecule has 0 radical (unpaired) electrons. The second-order valence-corrected chi connectivity index (χ2v) is 7.71. The molecule has 9 nitrogen and oxygen atoms in total. The van der Waals surface area contributed by atoms with E-state index in [1.54, 1.807) is 42.4 Å². The molecule has 3 aliphatic heterocycles. The van der Waals surface area contributed by atoms with Gasteiger partial charge >= 0.3 is 0 Å². The Morgan fingerprint density at radius 2 is 2.00 bits per heavy atom. The van der Waals surface area contributed by atoms with Gasteiger partial charge in [0.1, 0.15) is 30.3 Å². The van der Waals surface area contributed by atoms with Crippen LogP contribution >= 0.6 is 0 Å². The molecule has 2 amide bonds. The summed E-state index contributed by atoms with van der Waals surface area (Å²) in [6, 6.07) is 12.6. The summed E-state index contributed by atoms with van der Waals surface area (Å²) in [5, 5.41) is 4.44. The number of hydrogen-bond donors (Lipinski definition) is 2. The first kappa shape index (κ1) is 20.4. The number of likely N-dealkylation sites (N-methyl/N-ethyl adjacent to an activating group) is 1. The molecule has 1 saturated heterocycles. The van der Waals surface area contributed by atoms with E-state index < -0.39 is 30.0 Å². The van der Waals surface area contributed by atoms with Crippen LogP contribution in [-0.2, 0) is 14.3 Å². The van der Waals surface area contributed by atoms with Gasteiger partial charge in [0.25, 0.3) is 11.8 Å². The smallest absolute Gasteiger partial charge is 0.288 e. The fourth-order valence-corrected chi connectivity index (χ4v) is 4.07. The lowest BCUT2D eigenvalue weighted by Crippen LogP contribution is -2.55. The summed E-state index contributed by atoms with van der Waals surface area (Å²) in [5.41, 5.74) is 3.97. The zero-order valence-corrected chi connectivity index (χ0v) is 17.3. The third-order valence-electron chi connectivity index (χ3n) is 5.72. The van der Waals surface area contributed by atoms with E-state index in [-0.39, 0.29) is 18.3 Å². The zero-order chi connectivity index (χ0) is 22.2. The van der Waals surface area contributed by atoms with E-state index in [0.717, 1.165) is 0 Å². The van der Waals surface area contributed by atoms with Crippen molar-refractivity contribution in [2.75, 3.05) is 31.7 Å². The van der Waals surface area contributed by atoms with Crippen molar-refractivity contribution >= 4 is 23.3 Å². The number of hydrazine groups is 1. The van der Waals surface area contributed by atoms with Crippen LogP contribution in [0, 0.1) is 5.82 Å². The fourth-order valence-electron chi connectivity index (χ4n) is 4.07. The standard InChI is InChI=1S/C22H22FN5O4/c1-27-16-8-4-5-9-17(16)32-12-15(22(27)30)24-21(29)19-25-20-18(31-11-10-28(20)26-19)13-6-2-3-7-14(13)23/h2-9,15,18,20H,10-12H2,1H3,(H,24,29)(H,25,26)/t15-,18+,20?/m0/s1. The van der Waals surface area contributed by atoms with E-state index in [1.165, 1.54) is 11.0 Å². The zero-order valence-electron chi connectivity index (χ0n) is 17.3. The molecular formula is C22H22FN5O4. The minimum atomic E-state index is -0.888. The SMILES string of the molecule is CN1C(=O)[C@@H](NC(=O)C2=NC3[C@@H](c4ccccc4F)OCCN3N2)COc2ccccc21. The van der Waals surface area contributed by atoms with Crippen LogP contribution in [0.1, 0.15) is 11.7 Å². The van der Waals surface area contributed by atoms with Gasteiger partial charge in [0.05, 0.1) is 12.3 Å². The van der Waals surface area contributed by atoms with Crippen molar-refractivity contribution < 1.29 is 23.5 Å². The molecular weight excluding hydrogens is 417 g/mol. The first-order chi connectivity index (χ1) is 15.5. The molecule has 32 heavy (non-hydrogen) atoms. The number of nitrogens with zero attached hydrogens (tertiary/aromatic N) is 3. The van der Waals surface area contributed by atoms with Crippen LogP contribution in [0.15, 0.2) is 53.5 Å². The predicted octanol–water partition coefficient (Wildman–Crippen LogP) is 0.982. The van der Waals surface area contributed by atoms with Crippen LogP contribution in [-0.4, -0.2) is 61.7 Å². The molecule has 0 bridgehead atoms. The van der Waals surface area contributed by atoms with Gasteiger partial charge in [0, 0.05) is 19.2 Å². The second kappa shape index (κ2) is 8.21.